The summed E-state index contributed by atoms with van der Waals surface area (Å²) in [5, 5.41) is 11.5. The van der Waals surface area contributed by atoms with E-state index in [4.69, 9.17) is 14.6 Å². The van der Waals surface area contributed by atoms with Crippen LogP contribution in [0.5, 0.6) is 0 Å². The van der Waals surface area contributed by atoms with Crippen LogP contribution in [0.15, 0.2) is 24.3 Å². The second kappa shape index (κ2) is 10.3. The Morgan fingerprint density at radius 2 is 1.83 bits per heavy atom. The summed E-state index contributed by atoms with van der Waals surface area (Å²) in [6.07, 6.45) is 0.687. The highest BCUT2D eigenvalue weighted by Crippen LogP contribution is 2.05. The zero-order valence-electron chi connectivity index (χ0n) is 13.0. The number of aliphatic hydroxyl groups is 1. The van der Waals surface area contributed by atoms with Crippen molar-refractivity contribution in [3.05, 3.63) is 35.4 Å². The molecule has 0 bridgehead atoms. The Morgan fingerprint density at radius 1 is 1.13 bits per heavy atom. The quantitative estimate of drug-likeness (QED) is 0.515. The third kappa shape index (κ3) is 7.42. The van der Waals surface area contributed by atoms with E-state index in [9.17, 15) is 14.4 Å². The van der Waals surface area contributed by atoms with Crippen molar-refractivity contribution in [2.75, 3.05) is 19.8 Å². The number of amides is 1. The Bertz CT molecular complexity index is 526. The maximum Gasteiger partial charge on any atom is 0.338 e. The van der Waals surface area contributed by atoms with Crippen molar-refractivity contribution in [3.8, 4) is 0 Å². The van der Waals surface area contributed by atoms with Crippen molar-refractivity contribution in [2.45, 2.75) is 26.4 Å². The number of benzene rings is 1. The molecule has 0 radical (unpaired) electrons. The fourth-order valence-corrected chi connectivity index (χ4v) is 1.71. The molecule has 0 saturated heterocycles. The highest BCUT2D eigenvalue weighted by atomic mass is 16.5. The van der Waals surface area contributed by atoms with Crippen LogP contribution >= 0.6 is 0 Å². The predicted molar refractivity (Wildman–Crippen MR) is 81.5 cm³/mol. The summed E-state index contributed by atoms with van der Waals surface area (Å²) < 4.78 is 9.63. The summed E-state index contributed by atoms with van der Waals surface area (Å²) in [6.45, 7) is 1.87. The van der Waals surface area contributed by atoms with Gasteiger partial charge in [-0.05, 0) is 31.0 Å². The van der Waals surface area contributed by atoms with Crippen LogP contribution in [-0.4, -0.2) is 42.7 Å². The molecular weight excluding hydrogens is 302 g/mol. The molecule has 0 aliphatic carbocycles. The average molecular weight is 323 g/mol. The molecule has 1 rings (SSSR count). The molecule has 0 saturated carbocycles. The van der Waals surface area contributed by atoms with Crippen LogP contribution in [-0.2, 0) is 25.7 Å². The van der Waals surface area contributed by atoms with Crippen LogP contribution in [0, 0.1) is 0 Å². The van der Waals surface area contributed by atoms with E-state index in [0.717, 1.165) is 0 Å². The fourth-order valence-electron chi connectivity index (χ4n) is 1.71. The van der Waals surface area contributed by atoms with E-state index in [1.807, 2.05) is 0 Å². The maximum atomic E-state index is 11.7. The Labute approximate surface area is 134 Å². The molecule has 0 aromatic heterocycles. The lowest BCUT2D eigenvalue weighted by Crippen LogP contribution is -2.30. The molecule has 0 spiro atoms. The summed E-state index contributed by atoms with van der Waals surface area (Å²) in [7, 11) is 0. The highest BCUT2D eigenvalue weighted by molar-refractivity contribution is 5.91. The number of aliphatic hydroxyl groups excluding tert-OH is 1. The molecular formula is C16H21NO6. The lowest BCUT2D eigenvalue weighted by molar-refractivity contribution is -0.143. The van der Waals surface area contributed by atoms with E-state index >= 15 is 0 Å². The molecule has 1 aromatic carbocycles. The molecule has 126 valence electrons. The van der Waals surface area contributed by atoms with E-state index in [1.54, 1.807) is 19.1 Å². The predicted octanol–water partition coefficient (Wildman–Crippen LogP) is 0.795. The monoisotopic (exact) mass is 323 g/mol. The Morgan fingerprint density at radius 3 is 2.43 bits per heavy atom. The van der Waals surface area contributed by atoms with Gasteiger partial charge in [0.2, 0.25) is 0 Å². The second-order valence-electron chi connectivity index (χ2n) is 4.69. The van der Waals surface area contributed by atoms with Crippen LogP contribution in [0.4, 0.5) is 0 Å². The first-order valence-electron chi connectivity index (χ1n) is 7.36. The number of carbonyl (C=O) groups excluding carboxylic acids is 3. The van der Waals surface area contributed by atoms with Crippen LogP contribution in [0.2, 0.25) is 0 Å². The van der Waals surface area contributed by atoms with Crippen LogP contribution in [0.3, 0.4) is 0 Å². The van der Waals surface area contributed by atoms with E-state index < -0.39 is 11.9 Å². The molecule has 1 aromatic rings. The van der Waals surface area contributed by atoms with Crippen LogP contribution in [0.25, 0.3) is 0 Å². The van der Waals surface area contributed by atoms with Gasteiger partial charge in [-0.1, -0.05) is 12.1 Å². The lowest BCUT2D eigenvalue weighted by Gasteiger charge is -2.07. The molecule has 23 heavy (non-hydrogen) atoms. The van der Waals surface area contributed by atoms with Gasteiger partial charge in [-0.2, -0.15) is 0 Å². The van der Waals surface area contributed by atoms with Gasteiger partial charge < -0.3 is 19.9 Å². The molecule has 0 atom stereocenters. The van der Waals surface area contributed by atoms with Gasteiger partial charge in [0.05, 0.1) is 18.8 Å². The van der Waals surface area contributed by atoms with Gasteiger partial charge in [-0.25, -0.2) is 4.79 Å². The smallest absolute Gasteiger partial charge is 0.338 e. The van der Waals surface area contributed by atoms with Crippen molar-refractivity contribution in [1.82, 2.24) is 5.32 Å². The van der Waals surface area contributed by atoms with Crippen LogP contribution in [0.1, 0.15) is 35.7 Å². The molecule has 7 heteroatoms. The topological polar surface area (TPSA) is 102 Å². The van der Waals surface area contributed by atoms with Crippen LogP contribution < -0.4 is 5.32 Å². The summed E-state index contributed by atoms with van der Waals surface area (Å²) in [4.78, 5) is 34.3. The summed E-state index contributed by atoms with van der Waals surface area (Å²) in [5.74, 6) is -1.36. The molecule has 1 amide bonds. The maximum absolute atomic E-state index is 11.7. The van der Waals surface area contributed by atoms with Crippen molar-refractivity contribution in [2.24, 2.45) is 0 Å². The Hall–Kier alpha value is -2.41. The highest BCUT2D eigenvalue weighted by Gasteiger charge is 2.10. The molecule has 0 aliphatic heterocycles. The minimum atomic E-state index is -0.615. The number of hydrogen-bond acceptors (Lipinski definition) is 6. The van der Waals surface area contributed by atoms with Gasteiger partial charge in [-0.15, -0.1) is 0 Å². The molecule has 0 heterocycles. The standard InChI is InChI=1S/C16H21NO6/c1-2-22-15(20)4-3-9-17-14(19)11-23-16(21)13-7-5-12(10-18)6-8-13/h5-8,18H,2-4,9-11H2,1H3,(H,17,19). The van der Waals surface area contributed by atoms with Gasteiger partial charge >= 0.3 is 11.9 Å². The molecule has 7 nitrogen and oxygen atoms in total. The fraction of sp³-hybridized carbons (Fsp3) is 0.438. The van der Waals surface area contributed by atoms with Gasteiger partial charge in [0.15, 0.2) is 6.61 Å². The zero-order chi connectivity index (χ0) is 17.1. The van der Waals surface area contributed by atoms with Gasteiger partial charge in [0, 0.05) is 13.0 Å². The first-order chi connectivity index (χ1) is 11.1. The summed E-state index contributed by atoms with van der Waals surface area (Å²) in [5.41, 5.74) is 0.984. The van der Waals surface area contributed by atoms with E-state index in [-0.39, 0.29) is 25.6 Å². The second-order valence-corrected chi connectivity index (χ2v) is 4.69. The van der Waals surface area contributed by atoms with E-state index in [1.165, 1.54) is 12.1 Å². The first-order valence-corrected chi connectivity index (χ1v) is 7.36. The average Bonchev–Trinajstić information content (AvgIpc) is 2.57. The number of rotatable bonds is 9. The number of esters is 2. The van der Waals surface area contributed by atoms with E-state index in [2.05, 4.69) is 5.32 Å². The molecule has 0 unspecified atom stereocenters. The summed E-state index contributed by atoms with van der Waals surface area (Å²) in [6, 6.07) is 6.24. The Balaban J connectivity index is 2.22. The van der Waals surface area contributed by atoms with Crippen molar-refractivity contribution < 1.29 is 29.0 Å². The van der Waals surface area contributed by atoms with Crippen molar-refractivity contribution in [3.63, 3.8) is 0 Å². The zero-order valence-corrected chi connectivity index (χ0v) is 13.0. The number of nitrogens with one attached hydrogen (secondary N) is 1. The van der Waals surface area contributed by atoms with Gasteiger partial charge in [-0.3, -0.25) is 9.59 Å². The SMILES string of the molecule is CCOC(=O)CCCNC(=O)COC(=O)c1ccc(CO)cc1. The number of carbonyl (C=O) groups is 3. The third-order valence-electron chi connectivity index (χ3n) is 2.89. The summed E-state index contributed by atoms with van der Waals surface area (Å²) >= 11 is 0. The lowest BCUT2D eigenvalue weighted by atomic mass is 10.1. The number of ether oxygens (including phenoxy) is 2. The largest absolute Gasteiger partial charge is 0.466 e. The third-order valence-corrected chi connectivity index (χ3v) is 2.89. The molecule has 0 fully saturated rings. The molecule has 0 aliphatic rings. The minimum Gasteiger partial charge on any atom is -0.466 e. The van der Waals surface area contributed by atoms with E-state index in [0.29, 0.717) is 30.7 Å². The van der Waals surface area contributed by atoms with Crippen molar-refractivity contribution in [1.29, 1.82) is 0 Å². The normalized spacial score (nSPS) is 10.0. The van der Waals surface area contributed by atoms with Crippen molar-refractivity contribution >= 4 is 17.8 Å². The van der Waals surface area contributed by atoms with Gasteiger partial charge in [0.1, 0.15) is 0 Å². The minimum absolute atomic E-state index is 0.108. The first kappa shape index (κ1) is 18.6. The van der Waals surface area contributed by atoms with Gasteiger partial charge in [0.25, 0.3) is 5.91 Å². The Kier molecular flexibility index (Phi) is 8.38. The number of hydrogen-bond donors (Lipinski definition) is 2. The molecule has 2 N–H and O–H groups in total.